The molecular weight excluding hydrogens is 246 g/mol. The highest BCUT2D eigenvalue weighted by atomic mass is 16.4. The predicted octanol–water partition coefficient (Wildman–Crippen LogP) is -1.99. The van der Waals surface area contributed by atoms with Crippen LogP contribution in [0.25, 0.3) is 0 Å². The van der Waals surface area contributed by atoms with Gasteiger partial charge in [-0.1, -0.05) is 6.42 Å². The van der Waals surface area contributed by atoms with Crippen molar-refractivity contribution in [2.24, 2.45) is 17.2 Å². The first-order chi connectivity index (χ1) is 8.23. The summed E-state index contributed by atoms with van der Waals surface area (Å²) in [5.41, 5.74) is 15.0. The lowest BCUT2D eigenvalue weighted by molar-refractivity contribution is -0.149. The second-order valence-corrected chi connectivity index (χ2v) is 3.38. The van der Waals surface area contributed by atoms with E-state index in [1.54, 1.807) is 0 Å². The minimum atomic E-state index is -1.80. The van der Waals surface area contributed by atoms with Crippen molar-refractivity contribution in [1.29, 1.82) is 0 Å². The van der Waals surface area contributed by atoms with Gasteiger partial charge in [0.25, 0.3) is 0 Å². The van der Waals surface area contributed by atoms with Crippen molar-refractivity contribution in [1.82, 2.24) is 0 Å². The minimum Gasteiger partial charge on any atom is -0.480 e. The van der Waals surface area contributed by atoms with Crippen LogP contribution in [0, 0.1) is 0 Å². The molecule has 0 aliphatic heterocycles. The number of hydrogen-bond donors (Lipinski definition) is 6. The molecule has 0 radical (unpaired) electrons. The summed E-state index contributed by atoms with van der Waals surface area (Å²) in [7, 11) is 0. The van der Waals surface area contributed by atoms with Crippen LogP contribution in [0.3, 0.4) is 0 Å². The molecule has 0 aromatic carbocycles. The van der Waals surface area contributed by atoms with Gasteiger partial charge >= 0.3 is 17.9 Å². The minimum absolute atomic E-state index is 0.520. The number of hydrogen-bond acceptors (Lipinski definition) is 6. The zero-order valence-corrected chi connectivity index (χ0v) is 9.78. The molecule has 0 aliphatic carbocycles. The van der Waals surface area contributed by atoms with E-state index in [2.05, 4.69) is 5.73 Å². The third-order valence-corrected chi connectivity index (χ3v) is 1.82. The number of carboxylic acid groups (broad SMARTS) is 3. The van der Waals surface area contributed by atoms with Crippen molar-refractivity contribution in [3.63, 3.8) is 0 Å². The van der Waals surface area contributed by atoms with Crippen LogP contribution < -0.4 is 17.2 Å². The van der Waals surface area contributed by atoms with Gasteiger partial charge < -0.3 is 32.5 Å². The van der Waals surface area contributed by atoms with Crippen LogP contribution >= 0.6 is 0 Å². The number of carboxylic acids is 3. The number of aliphatic carboxylic acids is 3. The van der Waals surface area contributed by atoms with Crippen molar-refractivity contribution in [3.8, 4) is 0 Å². The highest BCUT2D eigenvalue weighted by molar-refractivity contribution is 5.96. The SMILES string of the molecule is NC(C(=O)O)C(=O)O.NCCCC[C@H](N)C(=O)O. The lowest BCUT2D eigenvalue weighted by atomic mass is 10.1. The van der Waals surface area contributed by atoms with Crippen molar-refractivity contribution in [3.05, 3.63) is 0 Å². The molecule has 9 N–H and O–H groups in total. The van der Waals surface area contributed by atoms with Gasteiger partial charge in [0.05, 0.1) is 0 Å². The normalized spacial score (nSPS) is 11.3. The average Bonchev–Trinajstić information content (AvgIpc) is 2.28. The van der Waals surface area contributed by atoms with Gasteiger partial charge in [0.2, 0.25) is 6.04 Å². The van der Waals surface area contributed by atoms with Crippen LogP contribution in [0.2, 0.25) is 0 Å². The van der Waals surface area contributed by atoms with Crippen LogP contribution in [0.1, 0.15) is 19.3 Å². The Morgan fingerprint density at radius 2 is 1.33 bits per heavy atom. The van der Waals surface area contributed by atoms with Gasteiger partial charge in [-0.25, -0.2) is 9.59 Å². The number of nitrogens with two attached hydrogens (primary N) is 3. The summed E-state index contributed by atoms with van der Waals surface area (Å²) in [6.45, 7) is 0.604. The highest BCUT2D eigenvalue weighted by Gasteiger charge is 2.18. The maximum atomic E-state index is 10.1. The molecule has 0 aromatic rings. The summed E-state index contributed by atoms with van der Waals surface area (Å²) in [6.07, 6.45) is 2.16. The molecule has 0 saturated carbocycles. The summed E-state index contributed by atoms with van der Waals surface area (Å²) in [4.78, 5) is 29.4. The lowest BCUT2D eigenvalue weighted by Gasteiger charge is -2.03. The Morgan fingerprint density at radius 3 is 1.56 bits per heavy atom. The van der Waals surface area contributed by atoms with Gasteiger partial charge in [0, 0.05) is 0 Å². The van der Waals surface area contributed by atoms with Gasteiger partial charge in [-0.2, -0.15) is 0 Å². The fourth-order valence-electron chi connectivity index (χ4n) is 0.738. The third kappa shape index (κ3) is 10.8. The highest BCUT2D eigenvalue weighted by Crippen LogP contribution is 1.96. The molecule has 9 heteroatoms. The molecule has 0 aromatic heterocycles. The molecule has 0 aliphatic rings. The molecule has 0 rings (SSSR count). The maximum Gasteiger partial charge on any atom is 0.332 e. The van der Waals surface area contributed by atoms with E-state index in [4.69, 9.17) is 26.8 Å². The van der Waals surface area contributed by atoms with E-state index in [1.807, 2.05) is 0 Å². The fraction of sp³-hybridized carbons (Fsp3) is 0.667. The summed E-state index contributed by atoms with van der Waals surface area (Å²) < 4.78 is 0. The van der Waals surface area contributed by atoms with Crippen LogP contribution in [-0.4, -0.2) is 51.9 Å². The molecule has 0 bridgehead atoms. The summed E-state index contributed by atoms with van der Waals surface area (Å²) in [5, 5.41) is 24.0. The van der Waals surface area contributed by atoms with E-state index in [0.717, 1.165) is 12.8 Å². The van der Waals surface area contributed by atoms with Crippen molar-refractivity contribution < 1.29 is 29.7 Å². The Kier molecular flexibility index (Phi) is 10.8. The Morgan fingerprint density at radius 1 is 0.889 bits per heavy atom. The van der Waals surface area contributed by atoms with Crippen molar-refractivity contribution >= 4 is 17.9 Å². The predicted molar refractivity (Wildman–Crippen MR) is 61.8 cm³/mol. The van der Waals surface area contributed by atoms with Gasteiger partial charge in [-0.05, 0) is 19.4 Å². The molecule has 0 spiro atoms. The Balaban J connectivity index is 0. The van der Waals surface area contributed by atoms with Crippen LogP contribution in [0.15, 0.2) is 0 Å². The molecular formula is C9H19N3O6. The van der Waals surface area contributed by atoms with E-state index < -0.39 is 30.0 Å². The first-order valence-electron chi connectivity index (χ1n) is 5.13. The molecule has 0 fully saturated rings. The van der Waals surface area contributed by atoms with Gasteiger partial charge in [0.1, 0.15) is 6.04 Å². The summed E-state index contributed by atoms with van der Waals surface area (Å²) in [6, 6.07) is -2.51. The third-order valence-electron chi connectivity index (χ3n) is 1.82. The average molecular weight is 265 g/mol. The second kappa shape index (κ2) is 10.4. The number of carbonyl (C=O) groups is 3. The van der Waals surface area contributed by atoms with Gasteiger partial charge in [-0.15, -0.1) is 0 Å². The molecule has 9 nitrogen and oxygen atoms in total. The zero-order chi connectivity index (χ0) is 14.7. The molecule has 0 heterocycles. The van der Waals surface area contributed by atoms with Gasteiger partial charge in [0.15, 0.2) is 0 Å². The number of unbranched alkanes of at least 4 members (excludes halogenated alkanes) is 1. The van der Waals surface area contributed by atoms with E-state index in [1.165, 1.54) is 0 Å². The van der Waals surface area contributed by atoms with Crippen molar-refractivity contribution in [2.75, 3.05) is 6.54 Å². The fourth-order valence-corrected chi connectivity index (χ4v) is 0.738. The Hall–Kier alpha value is -1.71. The molecule has 18 heavy (non-hydrogen) atoms. The first-order valence-corrected chi connectivity index (χ1v) is 5.13. The topological polar surface area (TPSA) is 190 Å². The largest absolute Gasteiger partial charge is 0.480 e. The van der Waals surface area contributed by atoms with Gasteiger partial charge in [-0.3, -0.25) is 4.79 Å². The standard InChI is InChI=1S/C6H14N2O2.C3H5NO4/c7-4-2-1-3-5(8)6(9)10;4-1(2(5)6)3(7)8/h5H,1-4,7-8H2,(H,9,10);1H,4H2,(H,5,6)(H,7,8)/t5-;/m0./s1. The molecule has 0 saturated heterocycles. The van der Waals surface area contributed by atoms with E-state index in [0.29, 0.717) is 13.0 Å². The molecule has 106 valence electrons. The van der Waals surface area contributed by atoms with Crippen LogP contribution in [0.5, 0.6) is 0 Å². The zero-order valence-electron chi connectivity index (χ0n) is 9.78. The van der Waals surface area contributed by atoms with E-state index in [-0.39, 0.29) is 0 Å². The molecule has 0 unspecified atom stereocenters. The van der Waals surface area contributed by atoms with E-state index in [9.17, 15) is 14.4 Å². The second-order valence-electron chi connectivity index (χ2n) is 3.38. The number of rotatable bonds is 7. The Labute approximate surface area is 104 Å². The molecule has 1 atom stereocenters. The summed E-state index contributed by atoms with van der Waals surface area (Å²) >= 11 is 0. The van der Waals surface area contributed by atoms with Crippen molar-refractivity contribution in [2.45, 2.75) is 31.3 Å². The molecule has 0 amide bonds. The maximum absolute atomic E-state index is 10.1. The summed E-state index contributed by atoms with van der Waals surface area (Å²) in [5.74, 6) is -3.99. The van der Waals surface area contributed by atoms with E-state index >= 15 is 0 Å². The quantitative estimate of drug-likeness (QED) is 0.223. The van der Waals surface area contributed by atoms with Crippen LogP contribution in [0.4, 0.5) is 0 Å². The smallest absolute Gasteiger partial charge is 0.332 e. The van der Waals surface area contributed by atoms with Crippen LogP contribution in [-0.2, 0) is 14.4 Å². The Bertz CT molecular complexity index is 269. The monoisotopic (exact) mass is 265 g/mol. The first kappa shape index (κ1) is 18.6. The lowest BCUT2D eigenvalue weighted by Crippen LogP contribution is -2.38.